The van der Waals surface area contributed by atoms with E-state index >= 15 is 0 Å². The molecule has 0 radical (unpaired) electrons. The van der Waals surface area contributed by atoms with Gasteiger partial charge in [-0.15, -0.1) is 23.2 Å². The van der Waals surface area contributed by atoms with Crippen LogP contribution in [-0.2, 0) is 11.8 Å². The SMILES string of the molecule is Cn1ccc2cc(NC(=O)c3cc(NC(=O)[C@H]4[C@H](c5cc(Cl)cc(Cl)c5)C4(Cl)Cl)ccc3Cl)ccc21. The van der Waals surface area contributed by atoms with Gasteiger partial charge in [0.2, 0.25) is 5.91 Å². The molecule has 1 aliphatic carbocycles. The molecule has 0 bridgehead atoms. The fraction of sp³-hybridized carbons (Fsp3) is 0.154. The van der Waals surface area contributed by atoms with E-state index in [1.165, 1.54) is 6.07 Å². The van der Waals surface area contributed by atoms with Gasteiger partial charge in [-0.2, -0.15) is 0 Å². The van der Waals surface area contributed by atoms with Crippen LogP contribution in [0.5, 0.6) is 0 Å². The summed E-state index contributed by atoms with van der Waals surface area (Å²) < 4.78 is 0.673. The highest BCUT2D eigenvalue weighted by Crippen LogP contribution is 2.65. The highest BCUT2D eigenvalue weighted by molar-refractivity contribution is 6.53. The molecule has 5 rings (SSSR count). The van der Waals surface area contributed by atoms with E-state index < -0.39 is 28.0 Å². The van der Waals surface area contributed by atoms with Crippen LogP contribution in [0.4, 0.5) is 11.4 Å². The van der Waals surface area contributed by atoms with Gasteiger partial charge in [-0.25, -0.2) is 0 Å². The van der Waals surface area contributed by atoms with Crippen LogP contribution >= 0.6 is 58.0 Å². The van der Waals surface area contributed by atoms with Crippen LogP contribution in [-0.4, -0.2) is 20.7 Å². The van der Waals surface area contributed by atoms with Crippen molar-refractivity contribution in [3.63, 3.8) is 0 Å². The van der Waals surface area contributed by atoms with Crippen LogP contribution in [0.2, 0.25) is 15.1 Å². The number of halogens is 5. The van der Waals surface area contributed by atoms with E-state index in [9.17, 15) is 9.59 Å². The summed E-state index contributed by atoms with van der Waals surface area (Å²) in [5.41, 5.74) is 2.93. The van der Waals surface area contributed by atoms with Gasteiger partial charge in [0.25, 0.3) is 5.91 Å². The van der Waals surface area contributed by atoms with Crippen molar-refractivity contribution in [2.24, 2.45) is 13.0 Å². The number of fused-ring (bicyclic) bond motifs is 1. The summed E-state index contributed by atoms with van der Waals surface area (Å²) >= 11 is 31.4. The van der Waals surface area contributed by atoms with Gasteiger partial charge in [0.1, 0.15) is 4.33 Å². The molecule has 4 aromatic rings. The highest BCUT2D eigenvalue weighted by Gasteiger charge is 2.67. The van der Waals surface area contributed by atoms with Gasteiger partial charge in [0, 0.05) is 51.5 Å². The van der Waals surface area contributed by atoms with E-state index in [4.69, 9.17) is 58.0 Å². The van der Waals surface area contributed by atoms with Crippen LogP contribution in [0, 0.1) is 5.92 Å². The monoisotopic (exact) mass is 579 g/mol. The summed E-state index contributed by atoms with van der Waals surface area (Å²) in [6.45, 7) is 0. The van der Waals surface area contributed by atoms with Crippen molar-refractivity contribution in [3.8, 4) is 0 Å². The van der Waals surface area contributed by atoms with Gasteiger partial charge in [-0.3, -0.25) is 9.59 Å². The van der Waals surface area contributed by atoms with Crippen LogP contribution in [0.15, 0.2) is 66.9 Å². The summed E-state index contributed by atoms with van der Waals surface area (Å²) in [4.78, 5) is 26.0. The van der Waals surface area contributed by atoms with Crippen LogP contribution in [0.3, 0.4) is 0 Å². The molecule has 0 aliphatic heterocycles. The number of benzene rings is 3. The second-order valence-corrected chi connectivity index (χ2v) is 11.4. The molecular formula is C26H18Cl5N3O2. The number of carbonyl (C=O) groups excluding carboxylic acids is 2. The van der Waals surface area contributed by atoms with E-state index in [0.29, 0.717) is 27.0 Å². The molecule has 2 amide bonds. The van der Waals surface area contributed by atoms with Crippen LogP contribution in [0.1, 0.15) is 21.8 Å². The smallest absolute Gasteiger partial charge is 0.257 e. The van der Waals surface area contributed by atoms with Gasteiger partial charge in [-0.05, 0) is 66.2 Å². The van der Waals surface area contributed by atoms with Crippen LogP contribution < -0.4 is 10.6 Å². The van der Waals surface area contributed by atoms with Crippen molar-refractivity contribution < 1.29 is 9.59 Å². The number of carbonyl (C=O) groups is 2. The second kappa shape index (κ2) is 9.47. The minimum absolute atomic E-state index is 0.208. The third-order valence-electron chi connectivity index (χ3n) is 6.20. The van der Waals surface area contributed by atoms with Gasteiger partial charge in [0.05, 0.1) is 16.5 Å². The first-order valence-electron chi connectivity index (χ1n) is 10.9. The number of hydrogen-bond donors (Lipinski definition) is 2. The lowest BCUT2D eigenvalue weighted by Gasteiger charge is -2.11. The Kier molecular flexibility index (Phi) is 6.64. The number of alkyl halides is 2. The van der Waals surface area contributed by atoms with Crippen molar-refractivity contribution in [3.05, 3.63) is 93.1 Å². The minimum atomic E-state index is -1.32. The number of rotatable bonds is 5. The Labute approximate surface area is 232 Å². The molecule has 1 heterocycles. The molecule has 184 valence electrons. The molecular weight excluding hydrogens is 564 g/mol. The summed E-state index contributed by atoms with van der Waals surface area (Å²) in [7, 11) is 1.95. The first-order valence-corrected chi connectivity index (χ1v) is 12.7. The zero-order chi connectivity index (χ0) is 25.8. The lowest BCUT2D eigenvalue weighted by Crippen LogP contribution is -2.18. The van der Waals surface area contributed by atoms with E-state index in [1.807, 2.05) is 42.1 Å². The maximum absolute atomic E-state index is 13.0. The Morgan fingerprint density at radius 2 is 1.53 bits per heavy atom. The average molecular weight is 582 g/mol. The molecule has 0 unspecified atom stereocenters. The number of aromatic nitrogens is 1. The van der Waals surface area contributed by atoms with Crippen molar-refractivity contribution >= 4 is 92.1 Å². The quantitative estimate of drug-likeness (QED) is 0.235. The van der Waals surface area contributed by atoms with E-state index in [2.05, 4.69) is 10.6 Å². The number of nitrogens with one attached hydrogen (secondary N) is 2. The molecule has 0 saturated heterocycles. The average Bonchev–Trinajstić information content (AvgIpc) is 3.21. The predicted octanol–water partition coefficient (Wildman–Crippen LogP) is 7.92. The Morgan fingerprint density at radius 1 is 0.861 bits per heavy atom. The zero-order valence-electron chi connectivity index (χ0n) is 18.7. The molecule has 2 N–H and O–H groups in total. The molecule has 1 aromatic heterocycles. The van der Waals surface area contributed by atoms with Gasteiger partial charge < -0.3 is 15.2 Å². The van der Waals surface area contributed by atoms with Crippen molar-refractivity contribution in [1.29, 1.82) is 0 Å². The summed E-state index contributed by atoms with van der Waals surface area (Å²) in [6.07, 6.45) is 1.95. The Morgan fingerprint density at radius 3 is 2.25 bits per heavy atom. The number of amides is 2. The standard InChI is InChI=1S/C26H18Cl5N3O2/c1-34-7-6-13-10-17(3-5-21(13)34)32-24(35)19-12-18(2-4-20(19)29)33-25(36)23-22(26(23,30)31)14-8-15(27)11-16(28)9-14/h2-12,22-23H,1H3,(H,32,35)(H,33,36)/t22-,23+/m0/s1. The number of aryl methyl sites for hydroxylation is 1. The van der Waals surface area contributed by atoms with Gasteiger partial charge in [-0.1, -0.05) is 34.8 Å². The first kappa shape index (κ1) is 25.2. The van der Waals surface area contributed by atoms with E-state index in [0.717, 1.165) is 10.9 Å². The minimum Gasteiger partial charge on any atom is -0.351 e. The molecule has 10 heteroatoms. The van der Waals surface area contributed by atoms with Crippen molar-refractivity contribution in [1.82, 2.24) is 4.57 Å². The predicted molar refractivity (Wildman–Crippen MR) is 148 cm³/mol. The maximum atomic E-state index is 13.0. The van der Waals surface area contributed by atoms with Gasteiger partial charge in [0.15, 0.2) is 0 Å². The third-order valence-corrected chi connectivity index (χ3v) is 7.91. The lowest BCUT2D eigenvalue weighted by molar-refractivity contribution is -0.117. The Bertz CT molecular complexity index is 1510. The normalized spacial score (nSPS) is 18.2. The summed E-state index contributed by atoms with van der Waals surface area (Å²) in [5, 5.41) is 7.73. The largest absolute Gasteiger partial charge is 0.351 e. The van der Waals surface area contributed by atoms with Crippen molar-refractivity contribution in [2.45, 2.75) is 10.3 Å². The number of hydrogen-bond acceptors (Lipinski definition) is 2. The molecule has 1 fully saturated rings. The van der Waals surface area contributed by atoms with Gasteiger partial charge >= 0.3 is 0 Å². The maximum Gasteiger partial charge on any atom is 0.257 e. The zero-order valence-corrected chi connectivity index (χ0v) is 22.4. The van der Waals surface area contributed by atoms with Crippen LogP contribution in [0.25, 0.3) is 10.9 Å². The van der Waals surface area contributed by atoms with E-state index in [-0.39, 0.29) is 10.6 Å². The molecule has 36 heavy (non-hydrogen) atoms. The Balaban J connectivity index is 1.33. The van der Waals surface area contributed by atoms with E-state index in [1.54, 1.807) is 30.3 Å². The number of nitrogens with zero attached hydrogens (tertiary/aromatic N) is 1. The number of anilines is 2. The fourth-order valence-corrected chi connectivity index (χ4v) is 5.95. The Hall–Kier alpha value is -2.41. The topological polar surface area (TPSA) is 63.1 Å². The summed E-state index contributed by atoms with van der Waals surface area (Å²) in [5.74, 6) is -2.03. The van der Waals surface area contributed by atoms with Crippen molar-refractivity contribution in [2.75, 3.05) is 10.6 Å². The second-order valence-electron chi connectivity index (χ2n) is 8.67. The molecule has 5 nitrogen and oxygen atoms in total. The molecule has 3 aromatic carbocycles. The molecule has 1 aliphatic rings. The summed E-state index contributed by atoms with van der Waals surface area (Å²) in [6, 6.07) is 17.2. The molecule has 1 saturated carbocycles. The first-order chi connectivity index (χ1) is 17.0. The lowest BCUT2D eigenvalue weighted by atomic mass is 10.1. The fourth-order valence-electron chi connectivity index (χ4n) is 4.38. The highest BCUT2D eigenvalue weighted by atomic mass is 35.5. The third kappa shape index (κ3) is 4.79. The molecule has 2 atom stereocenters. The molecule has 0 spiro atoms.